The Hall–Kier alpha value is -1.64. The topological polar surface area (TPSA) is 23.5 Å². The van der Waals surface area contributed by atoms with E-state index in [-0.39, 0.29) is 11.5 Å². The van der Waals surface area contributed by atoms with Crippen molar-refractivity contribution in [2.24, 2.45) is 5.92 Å². The Labute approximate surface area is 169 Å². The minimum Gasteiger partial charge on any atom is -0.390 e. The lowest BCUT2D eigenvalue weighted by Crippen LogP contribution is -2.67. The van der Waals surface area contributed by atoms with Gasteiger partial charge in [-0.3, -0.25) is 4.90 Å². The Morgan fingerprint density at radius 2 is 1.29 bits per heavy atom. The predicted octanol–water partition coefficient (Wildman–Crippen LogP) is 5.34. The fourth-order valence-corrected chi connectivity index (χ4v) is 7.02. The van der Waals surface area contributed by atoms with E-state index in [1.54, 1.807) is 0 Å². The zero-order chi connectivity index (χ0) is 19.2. The van der Waals surface area contributed by atoms with E-state index in [2.05, 4.69) is 72.5 Å². The van der Waals surface area contributed by atoms with Gasteiger partial charge in [0.15, 0.2) is 0 Å². The predicted molar refractivity (Wildman–Crippen MR) is 114 cm³/mol. The highest BCUT2D eigenvalue weighted by Crippen LogP contribution is 2.63. The van der Waals surface area contributed by atoms with Gasteiger partial charge in [0.2, 0.25) is 0 Å². The number of rotatable bonds is 3. The number of hydrogen-bond acceptors (Lipinski definition) is 2. The summed E-state index contributed by atoms with van der Waals surface area (Å²) >= 11 is 0. The van der Waals surface area contributed by atoms with Gasteiger partial charge in [0, 0.05) is 11.5 Å². The number of aliphatic hydroxyl groups is 1. The summed E-state index contributed by atoms with van der Waals surface area (Å²) in [6.45, 7) is 4.52. The largest absolute Gasteiger partial charge is 0.390 e. The zero-order valence-corrected chi connectivity index (χ0v) is 17.1. The molecule has 2 bridgehead atoms. The van der Waals surface area contributed by atoms with Crippen molar-refractivity contribution in [2.75, 3.05) is 13.1 Å². The van der Waals surface area contributed by atoms with Gasteiger partial charge in [-0.15, -0.1) is 0 Å². The van der Waals surface area contributed by atoms with Gasteiger partial charge < -0.3 is 5.11 Å². The van der Waals surface area contributed by atoms with E-state index in [4.69, 9.17) is 0 Å². The number of hydrogen-bond donors (Lipinski definition) is 1. The van der Waals surface area contributed by atoms with Gasteiger partial charge in [-0.05, 0) is 75.1 Å². The molecule has 28 heavy (non-hydrogen) atoms. The van der Waals surface area contributed by atoms with E-state index in [1.165, 1.54) is 56.3 Å². The molecule has 148 valence electrons. The summed E-state index contributed by atoms with van der Waals surface area (Å²) < 4.78 is 0. The standard InChI is InChI=1S/C26H33NO/c1-25(28)19-26(27-15-9-4-10-16-27)17-22(20-11-5-2-6-12-20)24(25)23(18-26)21-13-7-3-8-14-21/h2-3,5-8,11-14,22-24,28H,4,9-10,15-19H2,1H3/t22-,23-,24?,25-,26?/m0/s1. The van der Waals surface area contributed by atoms with Crippen molar-refractivity contribution in [1.29, 1.82) is 0 Å². The maximum absolute atomic E-state index is 11.8. The Morgan fingerprint density at radius 3 is 1.79 bits per heavy atom. The molecule has 0 unspecified atom stereocenters. The highest BCUT2D eigenvalue weighted by atomic mass is 16.3. The molecule has 1 aliphatic heterocycles. The third-order valence-corrected chi connectivity index (χ3v) is 7.95. The van der Waals surface area contributed by atoms with Gasteiger partial charge >= 0.3 is 0 Å². The lowest BCUT2D eigenvalue weighted by atomic mass is 9.47. The molecule has 0 amide bonds. The molecule has 2 nitrogen and oxygen atoms in total. The summed E-state index contributed by atoms with van der Waals surface area (Å²) in [6, 6.07) is 22.0. The van der Waals surface area contributed by atoms with Crippen molar-refractivity contribution in [1.82, 2.24) is 4.90 Å². The first-order valence-corrected chi connectivity index (χ1v) is 11.2. The van der Waals surface area contributed by atoms with E-state index in [0.29, 0.717) is 11.8 Å². The highest BCUT2D eigenvalue weighted by Gasteiger charge is 2.61. The van der Waals surface area contributed by atoms with E-state index < -0.39 is 5.60 Å². The first-order chi connectivity index (χ1) is 13.6. The number of benzene rings is 2. The number of piperidine rings is 1. The molecule has 3 saturated carbocycles. The van der Waals surface area contributed by atoms with Crippen LogP contribution in [0.2, 0.25) is 0 Å². The van der Waals surface area contributed by atoms with Crippen molar-refractivity contribution in [3.05, 3.63) is 71.8 Å². The Morgan fingerprint density at radius 1 is 0.786 bits per heavy atom. The van der Waals surface area contributed by atoms with Crippen LogP contribution in [0, 0.1) is 5.92 Å². The second-order valence-electron chi connectivity index (χ2n) is 9.77. The summed E-state index contributed by atoms with van der Waals surface area (Å²) in [7, 11) is 0. The summed E-state index contributed by atoms with van der Waals surface area (Å²) in [5, 5.41) is 11.8. The molecule has 0 aromatic heterocycles. The van der Waals surface area contributed by atoms with Crippen molar-refractivity contribution < 1.29 is 5.11 Å². The first-order valence-electron chi connectivity index (χ1n) is 11.2. The molecular formula is C26H33NO. The summed E-state index contributed by atoms with van der Waals surface area (Å²) in [6.07, 6.45) is 7.29. The molecule has 2 aromatic carbocycles. The average Bonchev–Trinajstić information content (AvgIpc) is 2.74. The molecule has 1 heterocycles. The number of nitrogens with zero attached hydrogens (tertiary/aromatic N) is 1. The molecule has 3 aliphatic carbocycles. The maximum atomic E-state index is 11.8. The molecule has 4 aliphatic rings. The molecule has 0 radical (unpaired) electrons. The van der Waals surface area contributed by atoms with Crippen LogP contribution in [-0.2, 0) is 0 Å². The third-order valence-electron chi connectivity index (χ3n) is 7.95. The van der Waals surface area contributed by atoms with Gasteiger partial charge in [-0.1, -0.05) is 67.1 Å². The van der Waals surface area contributed by atoms with Crippen LogP contribution >= 0.6 is 0 Å². The fraction of sp³-hybridized carbons (Fsp3) is 0.538. The fourth-order valence-electron chi connectivity index (χ4n) is 7.02. The SMILES string of the molecule is C[C@]1(O)CC2(N3CCCCC3)C[C@@H](c3ccccc3)C1[C@H](c1ccccc1)C2. The van der Waals surface area contributed by atoms with Crippen LogP contribution < -0.4 is 0 Å². The first kappa shape index (κ1) is 18.4. The van der Waals surface area contributed by atoms with Crippen molar-refractivity contribution >= 4 is 0 Å². The molecule has 6 rings (SSSR count). The van der Waals surface area contributed by atoms with Crippen LogP contribution in [0.25, 0.3) is 0 Å². The van der Waals surface area contributed by atoms with Crippen LogP contribution in [0.3, 0.4) is 0 Å². The van der Waals surface area contributed by atoms with Crippen molar-refractivity contribution in [2.45, 2.75) is 68.4 Å². The lowest BCUT2D eigenvalue weighted by Gasteiger charge is -2.64. The van der Waals surface area contributed by atoms with E-state index in [1.807, 2.05) is 0 Å². The van der Waals surface area contributed by atoms with Gasteiger partial charge in [-0.2, -0.15) is 0 Å². The smallest absolute Gasteiger partial charge is 0.0677 e. The van der Waals surface area contributed by atoms with Gasteiger partial charge in [0.05, 0.1) is 5.60 Å². The van der Waals surface area contributed by atoms with E-state index in [0.717, 1.165) is 6.42 Å². The Bertz CT molecular complexity index is 744. The Kier molecular flexibility index (Phi) is 4.60. The van der Waals surface area contributed by atoms with E-state index in [9.17, 15) is 5.11 Å². The van der Waals surface area contributed by atoms with Crippen molar-refractivity contribution in [3.8, 4) is 0 Å². The van der Waals surface area contributed by atoms with E-state index >= 15 is 0 Å². The maximum Gasteiger partial charge on any atom is 0.0677 e. The zero-order valence-electron chi connectivity index (χ0n) is 17.1. The van der Waals surface area contributed by atoms with Crippen LogP contribution in [-0.4, -0.2) is 34.2 Å². The Balaban J connectivity index is 1.62. The second-order valence-corrected chi connectivity index (χ2v) is 9.77. The summed E-state index contributed by atoms with van der Waals surface area (Å²) in [5.41, 5.74) is 2.32. The van der Waals surface area contributed by atoms with Crippen molar-refractivity contribution in [3.63, 3.8) is 0 Å². The molecule has 2 aromatic rings. The molecule has 0 spiro atoms. The molecule has 1 saturated heterocycles. The summed E-state index contributed by atoms with van der Waals surface area (Å²) in [5.74, 6) is 1.13. The van der Waals surface area contributed by atoms with Crippen LogP contribution in [0.1, 0.15) is 68.4 Å². The van der Waals surface area contributed by atoms with Gasteiger partial charge in [0.25, 0.3) is 0 Å². The lowest BCUT2D eigenvalue weighted by molar-refractivity contribution is -0.161. The molecule has 2 heteroatoms. The molecule has 3 atom stereocenters. The molecule has 4 fully saturated rings. The summed E-state index contributed by atoms with van der Waals surface area (Å²) in [4.78, 5) is 2.77. The van der Waals surface area contributed by atoms with Crippen LogP contribution in [0.4, 0.5) is 0 Å². The van der Waals surface area contributed by atoms with Gasteiger partial charge in [0.1, 0.15) is 0 Å². The molecular weight excluding hydrogens is 342 g/mol. The second kappa shape index (κ2) is 7.00. The third kappa shape index (κ3) is 3.02. The monoisotopic (exact) mass is 375 g/mol. The number of likely N-dealkylation sites (tertiary alicyclic amines) is 1. The average molecular weight is 376 g/mol. The van der Waals surface area contributed by atoms with Gasteiger partial charge in [-0.25, -0.2) is 0 Å². The van der Waals surface area contributed by atoms with Crippen LogP contribution in [0.5, 0.6) is 0 Å². The highest BCUT2D eigenvalue weighted by molar-refractivity contribution is 5.34. The number of fused-ring (bicyclic) bond motifs is 3. The van der Waals surface area contributed by atoms with Crippen LogP contribution in [0.15, 0.2) is 60.7 Å². The molecule has 1 N–H and O–H groups in total. The minimum absolute atomic E-state index is 0.125. The quantitative estimate of drug-likeness (QED) is 0.782. The minimum atomic E-state index is -0.630. The normalized spacial score (nSPS) is 38.4.